The molecule has 6 nitrogen and oxygen atoms in total. The maximum absolute atomic E-state index is 11.1. The summed E-state index contributed by atoms with van der Waals surface area (Å²) in [5.41, 5.74) is -0.556. The predicted octanol–water partition coefficient (Wildman–Crippen LogP) is 1.60. The van der Waals surface area contributed by atoms with E-state index in [0.29, 0.717) is 5.01 Å². The van der Waals surface area contributed by atoms with Gasteiger partial charge in [0.15, 0.2) is 5.69 Å². The molecular weight excluding hydrogens is 244 g/mol. The third kappa shape index (κ3) is 2.00. The van der Waals surface area contributed by atoms with Crippen molar-refractivity contribution in [2.75, 3.05) is 0 Å². The van der Waals surface area contributed by atoms with Crippen molar-refractivity contribution in [2.45, 2.75) is 0 Å². The minimum atomic E-state index is -1.37. The van der Waals surface area contributed by atoms with Gasteiger partial charge in [-0.1, -0.05) is 0 Å². The van der Waals surface area contributed by atoms with Gasteiger partial charge in [0.05, 0.1) is 0 Å². The summed E-state index contributed by atoms with van der Waals surface area (Å²) in [6.45, 7) is 0. The van der Waals surface area contributed by atoms with E-state index in [2.05, 4.69) is 9.97 Å². The van der Waals surface area contributed by atoms with Gasteiger partial charge in [-0.25, -0.2) is 19.6 Å². The van der Waals surface area contributed by atoms with Gasteiger partial charge in [-0.2, -0.15) is 0 Å². The molecular formula is C10H6N2O4S. The summed E-state index contributed by atoms with van der Waals surface area (Å²) in [7, 11) is 0. The second-order valence-corrected chi connectivity index (χ2v) is 3.92. The van der Waals surface area contributed by atoms with Crippen molar-refractivity contribution in [3.8, 4) is 10.6 Å². The van der Waals surface area contributed by atoms with Crippen LogP contribution in [0.15, 0.2) is 23.8 Å². The highest BCUT2D eigenvalue weighted by molar-refractivity contribution is 7.13. The van der Waals surface area contributed by atoms with Gasteiger partial charge in [0.25, 0.3) is 0 Å². The topological polar surface area (TPSA) is 100 Å². The van der Waals surface area contributed by atoms with Crippen LogP contribution in [0.25, 0.3) is 10.6 Å². The Labute approximate surface area is 99.2 Å². The summed E-state index contributed by atoms with van der Waals surface area (Å²) in [5.74, 6) is -2.71. The van der Waals surface area contributed by atoms with E-state index in [4.69, 9.17) is 10.2 Å². The molecule has 0 saturated carbocycles. The third-order valence-corrected chi connectivity index (χ3v) is 2.84. The van der Waals surface area contributed by atoms with Crippen molar-refractivity contribution in [1.82, 2.24) is 9.97 Å². The quantitative estimate of drug-likeness (QED) is 0.858. The molecule has 7 heteroatoms. The monoisotopic (exact) mass is 250 g/mol. The first-order valence-electron chi connectivity index (χ1n) is 4.46. The Morgan fingerprint density at radius 1 is 1.12 bits per heavy atom. The standard InChI is InChI=1S/C10H6N2O4S/c13-9(14)6-5(8-12-3-4-17-8)1-2-11-7(6)10(15)16/h1-4H,(H,13,14)(H,15,16). The van der Waals surface area contributed by atoms with Gasteiger partial charge in [-0.15, -0.1) is 11.3 Å². The van der Waals surface area contributed by atoms with Gasteiger partial charge in [0.2, 0.25) is 0 Å². The highest BCUT2D eigenvalue weighted by atomic mass is 32.1. The lowest BCUT2D eigenvalue weighted by Crippen LogP contribution is -2.12. The van der Waals surface area contributed by atoms with Crippen LogP contribution < -0.4 is 0 Å². The average Bonchev–Trinajstić information content (AvgIpc) is 2.81. The maximum atomic E-state index is 11.1. The number of hydrogen-bond acceptors (Lipinski definition) is 5. The Bertz CT molecular complexity index is 580. The van der Waals surface area contributed by atoms with E-state index >= 15 is 0 Å². The molecule has 2 aromatic rings. The van der Waals surface area contributed by atoms with Gasteiger partial charge in [-0.3, -0.25) is 0 Å². The molecule has 86 valence electrons. The number of pyridine rings is 1. The van der Waals surface area contributed by atoms with Gasteiger partial charge in [0.1, 0.15) is 10.6 Å². The molecule has 2 N–H and O–H groups in total. The van der Waals surface area contributed by atoms with Crippen LogP contribution in [-0.2, 0) is 0 Å². The fourth-order valence-corrected chi connectivity index (χ4v) is 2.04. The van der Waals surface area contributed by atoms with Crippen molar-refractivity contribution >= 4 is 23.3 Å². The molecule has 0 aromatic carbocycles. The van der Waals surface area contributed by atoms with E-state index in [9.17, 15) is 9.59 Å². The first kappa shape index (κ1) is 11.2. The fourth-order valence-electron chi connectivity index (χ4n) is 1.38. The molecule has 0 amide bonds. The molecule has 0 spiro atoms. The number of carboxylic acid groups (broad SMARTS) is 2. The van der Waals surface area contributed by atoms with Crippen LogP contribution >= 0.6 is 11.3 Å². The van der Waals surface area contributed by atoms with Crippen molar-refractivity contribution in [3.63, 3.8) is 0 Å². The Morgan fingerprint density at radius 2 is 1.88 bits per heavy atom. The first-order valence-corrected chi connectivity index (χ1v) is 5.34. The molecule has 0 atom stereocenters. The largest absolute Gasteiger partial charge is 0.478 e. The minimum Gasteiger partial charge on any atom is -0.478 e. The molecule has 2 aromatic heterocycles. The lowest BCUT2D eigenvalue weighted by Gasteiger charge is -2.05. The van der Waals surface area contributed by atoms with Crippen molar-refractivity contribution < 1.29 is 19.8 Å². The Balaban J connectivity index is 2.72. The van der Waals surface area contributed by atoms with E-state index in [-0.39, 0.29) is 11.1 Å². The molecule has 0 aliphatic carbocycles. The van der Waals surface area contributed by atoms with Gasteiger partial charge < -0.3 is 10.2 Å². The van der Waals surface area contributed by atoms with Gasteiger partial charge >= 0.3 is 11.9 Å². The van der Waals surface area contributed by atoms with Crippen molar-refractivity contribution in [1.29, 1.82) is 0 Å². The number of carboxylic acids is 2. The molecule has 0 bridgehead atoms. The first-order chi connectivity index (χ1) is 8.11. The van der Waals surface area contributed by atoms with Crippen LogP contribution in [0.5, 0.6) is 0 Å². The zero-order chi connectivity index (χ0) is 12.4. The van der Waals surface area contributed by atoms with Crippen molar-refractivity contribution in [3.05, 3.63) is 35.1 Å². The molecule has 2 rings (SSSR count). The van der Waals surface area contributed by atoms with E-state index in [1.54, 1.807) is 5.38 Å². The second kappa shape index (κ2) is 4.30. The third-order valence-electron chi connectivity index (χ3n) is 2.03. The SMILES string of the molecule is O=C(O)c1nccc(-c2nccs2)c1C(=O)O. The van der Waals surface area contributed by atoms with E-state index < -0.39 is 17.6 Å². The molecule has 0 unspecified atom stereocenters. The van der Waals surface area contributed by atoms with Crippen LogP contribution in [0.2, 0.25) is 0 Å². The normalized spacial score (nSPS) is 10.1. The Morgan fingerprint density at radius 3 is 2.41 bits per heavy atom. The number of aromatic carboxylic acids is 2. The highest BCUT2D eigenvalue weighted by Gasteiger charge is 2.23. The number of hydrogen-bond donors (Lipinski definition) is 2. The number of aromatic nitrogens is 2. The number of carbonyl (C=O) groups is 2. The number of nitrogens with zero attached hydrogens (tertiary/aromatic N) is 2. The molecule has 0 saturated heterocycles. The summed E-state index contributed by atoms with van der Waals surface area (Å²) < 4.78 is 0. The Kier molecular flexibility index (Phi) is 2.84. The molecule has 0 aliphatic heterocycles. The van der Waals surface area contributed by atoms with Crippen LogP contribution in [-0.4, -0.2) is 32.1 Å². The van der Waals surface area contributed by atoms with E-state index in [1.807, 2.05) is 0 Å². The summed E-state index contributed by atoms with van der Waals surface area (Å²) in [6.07, 6.45) is 2.78. The zero-order valence-corrected chi connectivity index (χ0v) is 9.14. The van der Waals surface area contributed by atoms with Gasteiger partial charge in [0, 0.05) is 23.3 Å². The zero-order valence-electron chi connectivity index (χ0n) is 8.32. The molecule has 17 heavy (non-hydrogen) atoms. The van der Waals surface area contributed by atoms with Gasteiger partial charge in [-0.05, 0) is 6.07 Å². The van der Waals surface area contributed by atoms with Crippen LogP contribution in [0.3, 0.4) is 0 Å². The summed E-state index contributed by atoms with van der Waals surface area (Å²) in [6, 6.07) is 1.44. The number of rotatable bonds is 3. The molecule has 2 heterocycles. The lowest BCUT2D eigenvalue weighted by atomic mass is 10.1. The molecule has 0 radical (unpaired) electrons. The summed E-state index contributed by atoms with van der Waals surface area (Å²) in [4.78, 5) is 29.6. The van der Waals surface area contributed by atoms with Crippen LogP contribution in [0.1, 0.15) is 20.8 Å². The number of thiazole rings is 1. The maximum Gasteiger partial charge on any atom is 0.355 e. The van der Waals surface area contributed by atoms with Crippen LogP contribution in [0.4, 0.5) is 0 Å². The van der Waals surface area contributed by atoms with Crippen LogP contribution in [0, 0.1) is 0 Å². The molecule has 0 fully saturated rings. The second-order valence-electron chi connectivity index (χ2n) is 3.03. The Hall–Kier alpha value is -2.28. The smallest absolute Gasteiger partial charge is 0.355 e. The predicted molar refractivity (Wildman–Crippen MR) is 59.3 cm³/mol. The molecule has 0 aliphatic rings. The van der Waals surface area contributed by atoms with E-state index in [0.717, 1.165) is 0 Å². The highest BCUT2D eigenvalue weighted by Crippen LogP contribution is 2.27. The summed E-state index contributed by atoms with van der Waals surface area (Å²) in [5, 5.41) is 20.1. The fraction of sp³-hybridized carbons (Fsp3) is 0. The van der Waals surface area contributed by atoms with E-state index in [1.165, 1.54) is 29.8 Å². The minimum absolute atomic E-state index is 0.264. The van der Waals surface area contributed by atoms with Crippen molar-refractivity contribution in [2.24, 2.45) is 0 Å². The average molecular weight is 250 g/mol. The summed E-state index contributed by atoms with van der Waals surface area (Å²) >= 11 is 1.23. The lowest BCUT2D eigenvalue weighted by molar-refractivity contribution is 0.0647.